The fraction of sp³-hybridized carbons (Fsp3) is 1.00. The normalized spacial score (nSPS) is 12.2. The first-order chi connectivity index (χ1) is 19.1. The van der Waals surface area contributed by atoms with E-state index in [0.717, 1.165) is 0 Å². The van der Waals surface area contributed by atoms with Crippen molar-refractivity contribution in [1.82, 2.24) is 0 Å². The van der Waals surface area contributed by atoms with Gasteiger partial charge in [0, 0.05) is 8.41 Å². The molecule has 0 aliphatic rings. The van der Waals surface area contributed by atoms with E-state index in [1.54, 1.807) is 0 Å². The average Bonchev–Trinajstić information content (AvgIpc) is 2.94. The summed E-state index contributed by atoms with van der Waals surface area (Å²) in [6.45, 7) is 14.2. The van der Waals surface area contributed by atoms with Crippen molar-refractivity contribution in [2.24, 2.45) is 0 Å². The molecule has 3 radical (unpaired) electrons. The minimum Gasteiger partial charge on any atom is -0.455 e. The fourth-order valence-corrected chi connectivity index (χ4v) is 19.7. The molecular formula is C36H78BOSi2. The van der Waals surface area contributed by atoms with Gasteiger partial charge in [-0.15, -0.1) is 0 Å². The molecule has 0 N–H and O–H groups in total. The molecule has 0 heterocycles. The minimum atomic E-state index is -1.72. The molecule has 0 saturated heterocycles. The maximum atomic E-state index is 8.18. The van der Waals surface area contributed by atoms with Crippen LogP contribution in [-0.2, 0) is 4.12 Å². The Kier molecular flexibility index (Phi) is 32.9. The average molecular weight is 594 g/mol. The van der Waals surface area contributed by atoms with Gasteiger partial charge in [-0.25, -0.2) is 0 Å². The van der Waals surface area contributed by atoms with Gasteiger partial charge in [0.05, 0.1) is 0 Å². The molecule has 4 heteroatoms. The Bertz CT molecular complexity index is 383. The number of unbranched alkanes of at least 4 members (excludes halogenated alkanes) is 18. The smallest absolute Gasteiger partial charge is 0.179 e. The highest BCUT2D eigenvalue weighted by molar-refractivity contribution is 6.87. The van der Waals surface area contributed by atoms with E-state index in [1.165, 1.54) is 190 Å². The lowest BCUT2D eigenvalue weighted by atomic mass is 10.2. The van der Waals surface area contributed by atoms with Crippen LogP contribution in [0.25, 0.3) is 0 Å². The van der Waals surface area contributed by atoms with Crippen LogP contribution in [0, 0.1) is 0 Å². The van der Waals surface area contributed by atoms with Crippen LogP contribution in [0.4, 0.5) is 0 Å². The van der Waals surface area contributed by atoms with E-state index in [0.29, 0.717) is 0 Å². The van der Waals surface area contributed by atoms with E-state index in [-0.39, 0.29) is 8.41 Å². The molecule has 0 atom stereocenters. The maximum Gasteiger partial charge on any atom is 0.179 e. The fourth-order valence-electron chi connectivity index (χ4n) is 6.76. The van der Waals surface area contributed by atoms with Crippen molar-refractivity contribution in [2.45, 2.75) is 232 Å². The highest BCUT2D eigenvalue weighted by atomic mass is 28.4. The number of rotatable bonds is 32. The highest BCUT2D eigenvalue weighted by Crippen LogP contribution is 2.40. The summed E-state index contributed by atoms with van der Waals surface area (Å²) in [5, 5.41) is 0. The molecule has 40 heavy (non-hydrogen) atoms. The zero-order valence-corrected chi connectivity index (χ0v) is 31.2. The molecule has 0 amide bonds. The van der Waals surface area contributed by atoms with Crippen molar-refractivity contribution >= 4 is 25.0 Å². The lowest BCUT2D eigenvalue weighted by molar-refractivity contribution is 0.465. The third kappa shape index (κ3) is 23.0. The zero-order chi connectivity index (χ0) is 28.9. The van der Waals surface area contributed by atoms with Crippen LogP contribution in [0.15, 0.2) is 0 Å². The molecule has 239 valence electrons. The predicted molar refractivity (Wildman–Crippen MR) is 192 cm³/mol. The highest BCUT2D eigenvalue weighted by Gasteiger charge is 2.43. The Morgan fingerprint density at radius 2 is 0.450 bits per heavy atom. The van der Waals surface area contributed by atoms with E-state index in [1.807, 2.05) is 0 Å². The van der Waals surface area contributed by atoms with Crippen LogP contribution in [0.1, 0.15) is 196 Å². The second-order valence-corrected chi connectivity index (χ2v) is 21.9. The van der Waals surface area contributed by atoms with Crippen molar-refractivity contribution in [2.75, 3.05) is 0 Å². The molecule has 0 aliphatic carbocycles. The summed E-state index contributed by atoms with van der Waals surface area (Å²) in [4.78, 5) is 0. The summed E-state index contributed by atoms with van der Waals surface area (Å²) in [6.07, 6.45) is 34.0. The van der Waals surface area contributed by atoms with E-state index < -0.39 is 16.6 Å². The SMILES string of the molecule is CCCCCC[Si](CCCCCC)(CCCCCC)O[Si](CCCCCC)(CCCCCC)CCCCCC.[B]. The van der Waals surface area contributed by atoms with E-state index in [4.69, 9.17) is 4.12 Å². The third-order valence-corrected chi connectivity index (χ3v) is 20.4. The van der Waals surface area contributed by atoms with Crippen molar-refractivity contribution in [3.63, 3.8) is 0 Å². The molecule has 0 rings (SSSR count). The van der Waals surface area contributed by atoms with Gasteiger partial charge in [0.15, 0.2) is 16.6 Å². The van der Waals surface area contributed by atoms with Crippen molar-refractivity contribution in [3.05, 3.63) is 0 Å². The topological polar surface area (TPSA) is 9.23 Å². The molecule has 0 spiro atoms. The second kappa shape index (κ2) is 30.9. The Labute approximate surface area is 260 Å². The molecule has 0 fully saturated rings. The van der Waals surface area contributed by atoms with Gasteiger partial charge in [0.25, 0.3) is 0 Å². The first kappa shape index (κ1) is 42.6. The third-order valence-electron chi connectivity index (χ3n) is 9.35. The van der Waals surface area contributed by atoms with Crippen LogP contribution < -0.4 is 0 Å². The summed E-state index contributed by atoms with van der Waals surface area (Å²) in [6, 6.07) is 8.91. The van der Waals surface area contributed by atoms with Crippen LogP contribution in [0.5, 0.6) is 0 Å². The molecule has 0 saturated carbocycles. The van der Waals surface area contributed by atoms with E-state index >= 15 is 0 Å². The van der Waals surface area contributed by atoms with Gasteiger partial charge in [-0.05, 0) is 36.3 Å². The lowest BCUT2D eigenvalue weighted by Gasteiger charge is -2.44. The standard InChI is InChI=1S/C36H78OSi2.B/c1-7-13-19-25-31-38(32-26-20-14-8-2,33-27-21-15-9-3)37-39(34-28-22-16-10-4,35-29-23-17-11-5)36-30-24-18-12-6;/h7-36H2,1-6H3;. The Morgan fingerprint density at radius 1 is 0.275 bits per heavy atom. The van der Waals surface area contributed by atoms with Gasteiger partial charge < -0.3 is 4.12 Å². The lowest BCUT2D eigenvalue weighted by Crippen LogP contribution is -2.51. The van der Waals surface area contributed by atoms with Crippen LogP contribution >= 0.6 is 0 Å². The van der Waals surface area contributed by atoms with Gasteiger partial charge in [-0.1, -0.05) is 196 Å². The minimum absolute atomic E-state index is 0. The van der Waals surface area contributed by atoms with Gasteiger partial charge in [-0.2, -0.15) is 0 Å². The molecule has 0 aromatic heterocycles. The monoisotopic (exact) mass is 594 g/mol. The molecule has 0 unspecified atom stereocenters. The van der Waals surface area contributed by atoms with Gasteiger partial charge >= 0.3 is 0 Å². The zero-order valence-electron chi connectivity index (χ0n) is 29.2. The van der Waals surface area contributed by atoms with Gasteiger partial charge in [-0.3, -0.25) is 0 Å². The second-order valence-electron chi connectivity index (χ2n) is 13.3. The quantitative estimate of drug-likeness (QED) is 0.0557. The Morgan fingerprint density at radius 3 is 0.600 bits per heavy atom. The summed E-state index contributed by atoms with van der Waals surface area (Å²) < 4.78 is 8.18. The number of hydrogen-bond donors (Lipinski definition) is 0. The van der Waals surface area contributed by atoms with Gasteiger partial charge in [0.2, 0.25) is 0 Å². The van der Waals surface area contributed by atoms with Crippen molar-refractivity contribution in [1.29, 1.82) is 0 Å². The Balaban J connectivity index is 0. The summed E-state index contributed by atoms with van der Waals surface area (Å²) in [5.74, 6) is 0. The van der Waals surface area contributed by atoms with Crippen LogP contribution in [0.3, 0.4) is 0 Å². The van der Waals surface area contributed by atoms with Crippen LogP contribution in [0.2, 0.25) is 36.3 Å². The predicted octanol–water partition coefficient (Wildman–Crippen LogP) is 14.0. The summed E-state index contributed by atoms with van der Waals surface area (Å²) >= 11 is 0. The van der Waals surface area contributed by atoms with E-state index in [2.05, 4.69) is 41.5 Å². The van der Waals surface area contributed by atoms with Gasteiger partial charge in [0.1, 0.15) is 0 Å². The molecular weight excluding hydrogens is 515 g/mol. The first-order valence-electron chi connectivity index (χ1n) is 18.8. The number of hydrogen-bond acceptors (Lipinski definition) is 1. The molecule has 0 bridgehead atoms. The molecule has 0 aromatic carbocycles. The first-order valence-corrected chi connectivity index (χ1v) is 23.8. The van der Waals surface area contributed by atoms with Crippen LogP contribution in [-0.4, -0.2) is 25.0 Å². The van der Waals surface area contributed by atoms with E-state index in [9.17, 15) is 0 Å². The molecule has 1 nitrogen and oxygen atoms in total. The largest absolute Gasteiger partial charge is 0.455 e. The molecule has 0 aromatic rings. The summed E-state index contributed by atoms with van der Waals surface area (Å²) in [5.41, 5.74) is 0. The van der Waals surface area contributed by atoms with Crippen molar-refractivity contribution in [3.8, 4) is 0 Å². The Hall–Kier alpha value is 0.459. The maximum absolute atomic E-state index is 8.18. The van der Waals surface area contributed by atoms with Crippen molar-refractivity contribution < 1.29 is 4.12 Å². The summed E-state index contributed by atoms with van der Waals surface area (Å²) in [7, 11) is -3.45. The molecule has 0 aliphatic heterocycles.